The zero-order valence-electron chi connectivity index (χ0n) is 18.2. The highest BCUT2D eigenvalue weighted by molar-refractivity contribution is 7.99. The third-order valence-corrected chi connectivity index (χ3v) is 7.09. The molecule has 0 aliphatic carbocycles. The van der Waals surface area contributed by atoms with Crippen molar-refractivity contribution in [2.75, 3.05) is 0 Å². The maximum Gasteiger partial charge on any atom is 0.256 e. The van der Waals surface area contributed by atoms with Crippen molar-refractivity contribution in [3.63, 3.8) is 0 Å². The molecule has 0 unspecified atom stereocenters. The average Bonchev–Trinajstić information content (AvgIpc) is 2.89. The van der Waals surface area contributed by atoms with Crippen molar-refractivity contribution in [2.45, 2.75) is 29.0 Å². The summed E-state index contributed by atoms with van der Waals surface area (Å²) in [5, 5.41) is -0.150. The molecule has 1 fully saturated rings. The predicted octanol–water partition coefficient (Wildman–Crippen LogP) is 6.65. The number of benzene rings is 4. The largest absolute Gasteiger partial charge is 0.361 e. The van der Waals surface area contributed by atoms with Gasteiger partial charge in [-0.3, -0.25) is 4.79 Å². The number of β-lactam (4-membered cyclic amide) rings is 1. The average molecular weight is 452 g/mol. The molecule has 3 nitrogen and oxygen atoms in total. The minimum atomic E-state index is -0.504. The summed E-state index contributed by atoms with van der Waals surface area (Å²) in [5.74, 6) is 0.0251. The fraction of sp³-hybridized carbons (Fsp3) is 0.138. The first-order valence-corrected chi connectivity index (χ1v) is 12.0. The number of likely N-dealkylation sites (tertiary alicyclic amines) is 1. The van der Waals surface area contributed by atoms with E-state index in [2.05, 4.69) is 36.4 Å². The number of ether oxygens (including phenoxy) is 1. The van der Waals surface area contributed by atoms with Gasteiger partial charge in [-0.2, -0.15) is 0 Å². The van der Waals surface area contributed by atoms with E-state index < -0.39 is 6.10 Å². The highest BCUT2D eigenvalue weighted by atomic mass is 32.2. The lowest BCUT2D eigenvalue weighted by atomic mass is 9.89. The lowest BCUT2D eigenvalue weighted by Gasteiger charge is -2.50. The molecule has 1 saturated heterocycles. The SMILES string of the molecule is O=C1[C@@H](OCc2ccccc2)[C@@H](c2ccccc2)N1[C@H](Sc1ccccc1)c1ccccc1. The van der Waals surface area contributed by atoms with E-state index in [1.807, 2.05) is 89.8 Å². The second kappa shape index (κ2) is 10.1. The first-order valence-electron chi connectivity index (χ1n) is 11.1. The highest BCUT2D eigenvalue weighted by Gasteiger charge is 2.52. The van der Waals surface area contributed by atoms with Gasteiger partial charge in [0.1, 0.15) is 5.37 Å². The minimum absolute atomic E-state index is 0.0251. The number of rotatable bonds is 8. The Kier molecular flexibility index (Phi) is 6.56. The maximum absolute atomic E-state index is 13.6. The van der Waals surface area contributed by atoms with E-state index in [1.54, 1.807) is 11.8 Å². The third-order valence-electron chi connectivity index (χ3n) is 5.83. The molecule has 0 N–H and O–H groups in total. The van der Waals surface area contributed by atoms with Crippen LogP contribution in [0.1, 0.15) is 28.1 Å². The summed E-state index contributed by atoms with van der Waals surface area (Å²) in [6.07, 6.45) is -0.504. The Morgan fingerprint density at radius 2 is 1.27 bits per heavy atom. The smallest absolute Gasteiger partial charge is 0.256 e. The van der Waals surface area contributed by atoms with Crippen LogP contribution >= 0.6 is 11.8 Å². The maximum atomic E-state index is 13.6. The Hall–Kier alpha value is -3.34. The van der Waals surface area contributed by atoms with Crippen LogP contribution in [0.5, 0.6) is 0 Å². The zero-order chi connectivity index (χ0) is 22.5. The van der Waals surface area contributed by atoms with E-state index in [0.717, 1.165) is 21.6 Å². The van der Waals surface area contributed by atoms with Gasteiger partial charge >= 0.3 is 0 Å². The van der Waals surface area contributed by atoms with Crippen molar-refractivity contribution in [1.29, 1.82) is 0 Å². The van der Waals surface area contributed by atoms with Crippen LogP contribution in [0.25, 0.3) is 0 Å². The van der Waals surface area contributed by atoms with Crippen LogP contribution < -0.4 is 0 Å². The minimum Gasteiger partial charge on any atom is -0.361 e. The summed E-state index contributed by atoms with van der Waals surface area (Å²) in [6.45, 7) is 0.413. The van der Waals surface area contributed by atoms with E-state index >= 15 is 0 Å². The Labute approximate surface area is 199 Å². The van der Waals surface area contributed by atoms with Crippen molar-refractivity contribution >= 4 is 17.7 Å². The van der Waals surface area contributed by atoms with Crippen LogP contribution in [-0.2, 0) is 16.1 Å². The quantitative estimate of drug-likeness (QED) is 0.222. The van der Waals surface area contributed by atoms with Crippen molar-refractivity contribution in [2.24, 2.45) is 0 Å². The normalized spacial score (nSPS) is 18.5. The topological polar surface area (TPSA) is 29.5 Å². The predicted molar refractivity (Wildman–Crippen MR) is 133 cm³/mol. The van der Waals surface area contributed by atoms with Crippen molar-refractivity contribution < 1.29 is 9.53 Å². The number of hydrogen-bond acceptors (Lipinski definition) is 3. The summed E-state index contributed by atoms with van der Waals surface area (Å²) in [6, 6.07) is 40.6. The summed E-state index contributed by atoms with van der Waals surface area (Å²) < 4.78 is 6.21. The molecule has 0 bridgehead atoms. The second-order valence-electron chi connectivity index (χ2n) is 8.01. The van der Waals surface area contributed by atoms with Gasteiger partial charge in [-0.25, -0.2) is 0 Å². The molecule has 4 aromatic carbocycles. The van der Waals surface area contributed by atoms with E-state index in [9.17, 15) is 4.79 Å². The number of amides is 1. The fourth-order valence-electron chi connectivity index (χ4n) is 4.18. The molecule has 5 rings (SSSR count). The molecule has 3 atom stereocenters. The van der Waals surface area contributed by atoms with E-state index in [1.165, 1.54) is 0 Å². The van der Waals surface area contributed by atoms with Gasteiger partial charge in [0.25, 0.3) is 5.91 Å². The second-order valence-corrected chi connectivity index (χ2v) is 9.17. The Morgan fingerprint density at radius 3 is 1.91 bits per heavy atom. The molecule has 1 aliphatic heterocycles. The standard InChI is InChI=1S/C29H25NO2S/c31-28-27(32-21-22-13-5-1-6-14-22)26(23-15-7-2-8-16-23)30(28)29(24-17-9-3-10-18-24)33-25-19-11-4-12-20-25/h1-20,26-27,29H,21H2/t26-,27+,29-/m1/s1. The molecule has 33 heavy (non-hydrogen) atoms. The van der Waals surface area contributed by atoms with Crippen molar-refractivity contribution in [1.82, 2.24) is 4.90 Å². The van der Waals surface area contributed by atoms with Crippen LogP contribution in [0.3, 0.4) is 0 Å². The number of nitrogens with zero attached hydrogens (tertiary/aromatic N) is 1. The zero-order valence-corrected chi connectivity index (χ0v) is 19.0. The molecule has 4 heteroatoms. The first kappa shape index (κ1) is 21.5. The van der Waals surface area contributed by atoms with Crippen LogP contribution in [0.15, 0.2) is 126 Å². The Bertz CT molecular complexity index is 1170. The molecule has 0 radical (unpaired) electrons. The van der Waals surface area contributed by atoms with Crippen LogP contribution in [-0.4, -0.2) is 16.9 Å². The van der Waals surface area contributed by atoms with Gasteiger partial charge in [0.05, 0.1) is 12.6 Å². The van der Waals surface area contributed by atoms with Gasteiger partial charge in [0.15, 0.2) is 6.10 Å². The molecule has 4 aromatic rings. The molecule has 0 aromatic heterocycles. The third kappa shape index (κ3) is 4.72. The van der Waals surface area contributed by atoms with Gasteiger partial charge in [-0.1, -0.05) is 121 Å². The Balaban J connectivity index is 1.47. The summed E-state index contributed by atoms with van der Waals surface area (Å²) in [5.41, 5.74) is 3.25. The number of carbonyl (C=O) groups excluding carboxylic acids is 1. The summed E-state index contributed by atoms with van der Waals surface area (Å²) in [4.78, 5) is 16.7. The summed E-state index contributed by atoms with van der Waals surface area (Å²) >= 11 is 1.69. The van der Waals surface area contributed by atoms with Crippen molar-refractivity contribution in [3.05, 3.63) is 138 Å². The van der Waals surface area contributed by atoms with E-state index in [0.29, 0.717) is 6.61 Å². The molecular weight excluding hydrogens is 426 g/mol. The van der Waals surface area contributed by atoms with Gasteiger partial charge in [-0.05, 0) is 28.8 Å². The van der Waals surface area contributed by atoms with E-state index in [4.69, 9.17) is 4.74 Å². The number of hydrogen-bond donors (Lipinski definition) is 0. The monoisotopic (exact) mass is 451 g/mol. The molecule has 1 amide bonds. The molecule has 164 valence electrons. The van der Waals surface area contributed by atoms with Gasteiger partial charge in [-0.15, -0.1) is 0 Å². The fourth-order valence-corrected chi connectivity index (χ4v) is 5.40. The molecule has 1 aliphatic rings. The first-order chi connectivity index (χ1) is 16.3. The highest BCUT2D eigenvalue weighted by Crippen LogP contribution is 2.49. The molecular formula is C29H25NO2S. The van der Waals surface area contributed by atoms with Crippen LogP contribution in [0.2, 0.25) is 0 Å². The lowest BCUT2D eigenvalue weighted by Crippen LogP contribution is -2.60. The van der Waals surface area contributed by atoms with Crippen LogP contribution in [0.4, 0.5) is 0 Å². The number of thioether (sulfide) groups is 1. The molecule has 0 saturated carbocycles. The van der Waals surface area contributed by atoms with Gasteiger partial charge < -0.3 is 9.64 Å². The van der Waals surface area contributed by atoms with Gasteiger partial charge in [0, 0.05) is 4.90 Å². The molecule has 0 spiro atoms. The number of carbonyl (C=O) groups is 1. The summed E-state index contributed by atoms with van der Waals surface area (Å²) in [7, 11) is 0. The van der Waals surface area contributed by atoms with Crippen molar-refractivity contribution in [3.8, 4) is 0 Å². The molecule has 1 heterocycles. The van der Waals surface area contributed by atoms with Gasteiger partial charge in [0.2, 0.25) is 0 Å². The Morgan fingerprint density at radius 1 is 0.727 bits per heavy atom. The van der Waals surface area contributed by atoms with E-state index in [-0.39, 0.29) is 17.3 Å². The van der Waals surface area contributed by atoms with Crippen LogP contribution in [0, 0.1) is 0 Å². The lowest BCUT2D eigenvalue weighted by molar-refractivity contribution is -0.178.